The molecular formula is C53H84O22. The van der Waals surface area contributed by atoms with Gasteiger partial charge in [-0.25, -0.2) is 4.79 Å². The van der Waals surface area contributed by atoms with Gasteiger partial charge in [0.1, 0.15) is 79.4 Å². The van der Waals surface area contributed by atoms with Crippen LogP contribution >= 0.6 is 0 Å². The van der Waals surface area contributed by atoms with Gasteiger partial charge in [0, 0.05) is 0 Å². The number of aliphatic hydroxyl groups is 11. The van der Waals surface area contributed by atoms with Crippen molar-refractivity contribution in [3.63, 3.8) is 0 Å². The van der Waals surface area contributed by atoms with Crippen LogP contribution in [0.3, 0.4) is 0 Å². The van der Waals surface area contributed by atoms with Crippen molar-refractivity contribution in [1.29, 1.82) is 0 Å². The zero-order valence-corrected chi connectivity index (χ0v) is 44.3. The molecule has 8 fully saturated rings. The third-order valence-corrected chi connectivity index (χ3v) is 21.0. The van der Waals surface area contributed by atoms with Crippen molar-refractivity contribution in [3.05, 3.63) is 11.6 Å². The molecule has 4 saturated carbocycles. The summed E-state index contributed by atoms with van der Waals surface area (Å²) in [5.41, 5.74) is -1.27. The molecular weight excluding hydrogens is 989 g/mol. The number of aliphatic carboxylic acids is 1. The second kappa shape index (κ2) is 20.5. The maximum absolute atomic E-state index is 14.8. The first-order valence-electron chi connectivity index (χ1n) is 27.1. The Bertz CT molecular complexity index is 2120. The van der Waals surface area contributed by atoms with E-state index in [-0.39, 0.29) is 39.4 Å². The van der Waals surface area contributed by atoms with Crippen LogP contribution in [0.25, 0.3) is 0 Å². The van der Waals surface area contributed by atoms with Gasteiger partial charge in [0.2, 0.25) is 6.29 Å². The summed E-state index contributed by atoms with van der Waals surface area (Å²) in [6.45, 7) is 16.0. The standard InChI is InChI=1S/C53H84O22/c1-22-30(56)33(59)36(62)44(69-22)72-39-38(64)40(73-43-35(61)31(57)25(55)21-68-43)46(74-41(39)42(65)66)71-29-12-13-50(6)27(49(29,4)5)11-14-52(8)28(50)10-9-23-24-19-48(2,3)15-17-53(24,18-16-51(23,52)7)47(67)75-45-37(63)34(60)32(58)26(20-54)70-45/h9,22,24-41,43-46,54-64H,10-21H2,1-8H3,(H,65,66)/t22-,24-,25-,26+,27-,28+,29-,30-,31-,32+,33+,34-,35+,36+,37+,38-,39-,40+,41-,43-,44-,45-,46+,50-,51+,52+,53-/m0/s1. The van der Waals surface area contributed by atoms with Gasteiger partial charge >= 0.3 is 11.9 Å². The molecule has 75 heavy (non-hydrogen) atoms. The molecule has 0 radical (unpaired) electrons. The minimum Gasteiger partial charge on any atom is -0.479 e. The van der Waals surface area contributed by atoms with E-state index in [1.165, 1.54) is 12.5 Å². The molecule has 4 saturated heterocycles. The van der Waals surface area contributed by atoms with Crippen LogP contribution in [0.4, 0.5) is 0 Å². The van der Waals surface area contributed by atoms with Crippen LogP contribution in [-0.4, -0.2) is 209 Å². The lowest BCUT2D eigenvalue weighted by Crippen LogP contribution is -2.68. The lowest BCUT2D eigenvalue weighted by Gasteiger charge is -2.71. The second-order valence-electron chi connectivity index (χ2n) is 25.8. The normalized spacial score (nSPS) is 53.5. The van der Waals surface area contributed by atoms with Crippen LogP contribution in [0.15, 0.2) is 11.6 Å². The zero-order valence-electron chi connectivity index (χ0n) is 44.3. The van der Waals surface area contributed by atoms with Crippen LogP contribution < -0.4 is 0 Å². The van der Waals surface area contributed by atoms with Crippen LogP contribution in [-0.2, 0) is 47.5 Å². The van der Waals surface area contributed by atoms with Crippen molar-refractivity contribution in [2.75, 3.05) is 13.2 Å². The van der Waals surface area contributed by atoms with E-state index in [4.69, 9.17) is 37.9 Å². The van der Waals surface area contributed by atoms with E-state index in [0.717, 1.165) is 32.1 Å². The highest BCUT2D eigenvalue weighted by Crippen LogP contribution is 2.76. The van der Waals surface area contributed by atoms with E-state index >= 15 is 0 Å². The maximum Gasteiger partial charge on any atom is 0.335 e. The Kier molecular flexibility index (Phi) is 15.8. The summed E-state index contributed by atoms with van der Waals surface area (Å²) in [5.74, 6) is -2.09. The molecule has 428 valence electrons. The number of rotatable bonds is 10. The highest BCUT2D eigenvalue weighted by Gasteiger charge is 2.70. The monoisotopic (exact) mass is 1070 g/mol. The smallest absolute Gasteiger partial charge is 0.335 e. The number of carboxylic acid groups (broad SMARTS) is 1. The fraction of sp³-hybridized carbons (Fsp3) is 0.925. The molecule has 0 spiro atoms. The number of carbonyl (C=O) groups is 2. The van der Waals surface area contributed by atoms with Crippen LogP contribution in [0.1, 0.15) is 120 Å². The summed E-state index contributed by atoms with van der Waals surface area (Å²) in [7, 11) is 0. The summed E-state index contributed by atoms with van der Waals surface area (Å²) in [4.78, 5) is 27.8. The first-order valence-corrected chi connectivity index (χ1v) is 27.1. The zero-order chi connectivity index (χ0) is 54.9. The van der Waals surface area contributed by atoms with Crippen LogP contribution in [0.5, 0.6) is 0 Å². The highest BCUT2D eigenvalue weighted by molar-refractivity contribution is 5.79. The van der Waals surface area contributed by atoms with Gasteiger partial charge < -0.3 is 99.2 Å². The fourth-order valence-corrected chi connectivity index (χ4v) is 16.1. The molecule has 4 aliphatic heterocycles. The Morgan fingerprint density at radius 3 is 1.96 bits per heavy atom. The number of carboxylic acids is 1. The predicted octanol–water partition coefficient (Wildman–Crippen LogP) is -0.276. The summed E-state index contributed by atoms with van der Waals surface area (Å²) >= 11 is 0. The summed E-state index contributed by atoms with van der Waals surface area (Å²) in [5, 5.41) is 128. The number of hydrogen-bond donors (Lipinski definition) is 12. The lowest BCUT2D eigenvalue weighted by molar-refractivity contribution is -0.385. The Balaban J connectivity index is 0.977. The van der Waals surface area contributed by atoms with Crippen LogP contribution in [0.2, 0.25) is 0 Å². The molecule has 5 aliphatic carbocycles. The molecule has 0 bridgehead atoms. The number of ether oxygens (including phenoxy) is 8. The van der Waals surface area contributed by atoms with Crippen molar-refractivity contribution in [3.8, 4) is 0 Å². The van der Waals surface area contributed by atoms with Crippen LogP contribution in [0, 0.1) is 50.2 Å². The molecule has 0 aromatic carbocycles. The average molecular weight is 1070 g/mol. The van der Waals surface area contributed by atoms with Gasteiger partial charge in [-0.3, -0.25) is 4.79 Å². The summed E-state index contributed by atoms with van der Waals surface area (Å²) < 4.78 is 47.9. The van der Waals surface area contributed by atoms with E-state index in [0.29, 0.717) is 32.1 Å². The second-order valence-corrected chi connectivity index (χ2v) is 25.8. The number of aliphatic hydroxyl groups excluding tert-OH is 11. The van der Waals surface area contributed by atoms with Crippen molar-refractivity contribution in [2.24, 2.45) is 50.2 Å². The van der Waals surface area contributed by atoms with Gasteiger partial charge in [0.05, 0.1) is 30.8 Å². The Labute approximate surface area is 437 Å². The largest absolute Gasteiger partial charge is 0.479 e. The van der Waals surface area contributed by atoms with Gasteiger partial charge in [-0.1, -0.05) is 60.1 Å². The van der Waals surface area contributed by atoms with Crippen molar-refractivity contribution in [2.45, 2.75) is 242 Å². The van der Waals surface area contributed by atoms with E-state index in [2.05, 4.69) is 54.5 Å². The third kappa shape index (κ3) is 9.36. The number of esters is 1. The van der Waals surface area contributed by atoms with E-state index < -0.39 is 159 Å². The molecule has 4 heterocycles. The summed E-state index contributed by atoms with van der Waals surface area (Å²) in [6.07, 6.45) is -23.1. The number of carbonyl (C=O) groups excluding carboxylic acids is 1. The van der Waals surface area contributed by atoms with Gasteiger partial charge in [0.15, 0.2) is 25.0 Å². The molecule has 9 rings (SSSR count). The lowest BCUT2D eigenvalue weighted by atomic mass is 9.33. The number of allylic oxidation sites excluding steroid dienone is 2. The first kappa shape index (κ1) is 57.6. The molecule has 22 nitrogen and oxygen atoms in total. The molecule has 12 N–H and O–H groups in total. The molecule has 27 atom stereocenters. The molecule has 22 heteroatoms. The minimum atomic E-state index is -1.97. The summed E-state index contributed by atoms with van der Waals surface area (Å²) in [6, 6.07) is 0. The van der Waals surface area contributed by atoms with Crippen molar-refractivity contribution >= 4 is 11.9 Å². The Hall–Kier alpha value is -2.04. The molecule has 0 unspecified atom stereocenters. The third-order valence-electron chi connectivity index (χ3n) is 21.0. The van der Waals surface area contributed by atoms with Crippen molar-refractivity contribution < 1.29 is 109 Å². The Morgan fingerprint density at radius 1 is 0.640 bits per heavy atom. The van der Waals surface area contributed by atoms with Gasteiger partial charge in [-0.2, -0.15) is 0 Å². The maximum atomic E-state index is 14.8. The SMILES string of the molecule is C[C@@H]1O[C@@H](O[C@H]2[C@H](O)[C@@H](O[C@@H]3OC[C@H](O)[C@H](O)[C@H]3O)[C@H](O[C@H]3CC[C@]4(C)[C@H]5CC=C6[C@@H]7CC(C)(C)CC[C@]7(C(=O)O[C@@H]7O[C@H](CO)[C@@H](O)[C@H](O)[C@H]7O)CC[C@@]6(C)[C@]5(C)CC[C@H]4C3(C)C)O[C@@H]2C(=O)O)[C@H](O)[C@H](O)[C@H]1O. The molecule has 0 amide bonds. The van der Waals surface area contributed by atoms with Gasteiger partial charge in [-0.05, 0) is 116 Å². The number of fused-ring (bicyclic) bond motifs is 7. The average Bonchev–Trinajstić information content (AvgIpc) is 3.35. The molecule has 0 aromatic heterocycles. The predicted molar refractivity (Wildman–Crippen MR) is 256 cm³/mol. The number of hydrogen-bond acceptors (Lipinski definition) is 21. The van der Waals surface area contributed by atoms with E-state index in [1.807, 2.05) is 0 Å². The van der Waals surface area contributed by atoms with E-state index in [9.17, 15) is 70.9 Å². The minimum absolute atomic E-state index is 0.0401. The van der Waals surface area contributed by atoms with Gasteiger partial charge in [0.25, 0.3) is 0 Å². The topological polar surface area (TPSA) is 351 Å². The fourth-order valence-electron chi connectivity index (χ4n) is 16.1. The highest BCUT2D eigenvalue weighted by atomic mass is 16.8. The van der Waals surface area contributed by atoms with Crippen molar-refractivity contribution in [1.82, 2.24) is 0 Å². The first-order chi connectivity index (χ1) is 35.0. The Morgan fingerprint density at radius 2 is 1.28 bits per heavy atom. The van der Waals surface area contributed by atoms with E-state index in [1.54, 1.807) is 0 Å². The van der Waals surface area contributed by atoms with Gasteiger partial charge in [-0.15, -0.1) is 0 Å². The quantitative estimate of drug-likeness (QED) is 0.0761. The molecule has 0 aromatic rings. The molecule has 9 aliphatic rings.